The zero-order valence-electron chi connectivity index (χ0n) is 13.1. The maximum atomic E-state index is 10.9. The van der Waals surface area contributed by atoms with Gasteiger partial charge < -0.3 is 9.84 Å². The van der Waals surface area contributed by atoms with Crippen molar-refractivity contribution in [1.29, 1.82) is 0 Å². The molecule has 1 aliphatic rings. The van der Waals surface area contributed by atoms with Crippen LogP contribution in [0.4, 0.5) is 0 Å². The van der Waals surface area contributed by atoms with E-state index >= 15 is 0 Å². The smallest absolute Gasteiger partial charge is 0.125 e. The average molecular weight is 276 g/mol. The zero-order valence-corrected chi connectivity index (χ0v) is 13.1. The van der Waals surface area contributed by atoms with E-state index in [9.17, 15) is 5.11 Å². The van der Waals surface area contributed by atoms with E-state index in [0.717, 1.165) is 24.2 Å². The van der Waals surface area contributed by atoms with Crippen LogP contribution < -0.4 is 4.74 Å². The van der Waals surface area contributed by atoms with Crippen molar-refractivity contribution in [3.05, 3.63) is 29.8 Å². The Morgan fingerprint density at radius 2 is 2.05 bits per heavy atom. The highest BCUT2D eigenvalue weighted by Crippen LogP contribution is 2.48. The van der Waals surface area contributed by atoms with Crippen molar-refractivity contribution in [2.75, 3.05) is 6.61 Å². The minimum Gasteiger partial charge on any atom is -0.493 e. The van der Waals surface area contributed by atoms with Crippen LogP contribution in [0.15, 0.2) is 24.3 Å². The van der Waals surface area contributed by atoms with Gasteiger partial charge >= 0.3 is 0 Å². The maximum Gasteiger partial charge on any atom is 0.125 e. The number of aliphatic hydroxyl groups excluding tert-OH is 1. The van der Waals surface area contributed by atoms with Crippen molar-refractivity contribution < 1.29 is 9.84 Å². The lowest BCUT2D eigenvalue weighted by Crippen LogP contribution is -2.32. The maximum absolute atomic E-state index is 10.9. The summed E-state index contributed by atoms with van der Waals surface area (Å²) >= 11 is 0. The fourth-order valence-corrected chi connectivity index (χ4v) is 3.39. The molecule has 1 aliphatic carbocycles. The van der Waals surface area contributed by atoms with E-state index in [4.69, 9.17) is 4.74 Å². The quantitative estimate of drug-likeness (QED) is 0.842. The van der Waals surface area contributed by atoms with Crippen LogP contribution in [0.25, 0.3) is 0 Å². The van der Waals surface area contributed by atoms with Gasteiger partial charge in [-0.1, -0.05) is 51.8 Å². The summed E-state index contributed by atoms with van der Waals surface area (Å²) < 4.78 is 5.81. The summed E-state index contributed by atoms with van der Waals surface area (Å²) in [5.74, 6) is 1.17. The molecular weight excluding hydrogens is 248 g/mol. The van der Waals surface area contributed by atoms with E-state index in [0.29, 0.717) is 12.5 Å². The van der Waals surface area contributed by atoms with Gasteiger partial charge in [-0.05, 0) is 36.7 Å². The molecule has 1 fully saturated rings. The lowest BCUT2D eigenvalue weighted by Gasteiger charge is -2.41. The standard InChI is InChI=1S/C18H28O2/c1-4-13-20-16-11-6-5-9-14(16)17(19)15-10-7-8-12-18(15,2)3/h5-6,9,11,15,17,19H,4,7-8,10,12-13H2,1-3H3. The third-order valence-corrected chi connectivity index (χ3v) is 4.67. The lowest BCUT2D eigenvalue weighted by atomic mass is 9.65. The molecule has 2 unspecified atom stereocenters. The van der Waals surface area contributed by atoms with Crippen LogP contribution in [-0.4, -0.2) is 11.7 Å². The predicted molar refractivity (Wildman–Crippen MR) is 82.9 cm³/mol. The number of hydrogen-bond acceptors (Lipinski definition) is 2. The van der Waals surface area contributed by atoms with Gasteiger partial charge in [-0.3, -0.25) is 0 Å². The molecule has 1 N–H and O–H groups in total. The molecule has 2 heteroatoms. The molecule has 1 saturated carbocycles. The Morgan fingerprint density at radius 1 is 1.30 bits per heavy atom. The first-order valence-corrected chi connectivity index (χ1v) is 7.96. The predicted octanol–water partition coefficient (Wildman–Crippen LogP) is 4.73. The first-order valence-electron chi connectivity index (χ1n) is 7.96. The second-order valence-corrected chi connectivity index (χ2v) is 6.67. The largest absolute Gasteiger partial charge is 0.493 e. The van der Waals surface area contributed by atoms with Crippen LogP contribution in [0.5, 0.6) is 5.75 Å². The number of rotatable bonds is 5. The SMILES string of the molecule is CCCOc1ccccc1C(O)C1CCCCC1(C)C. The second-order valence-electron chi connectivity index (χ2n) is 6.67. The molecule has 0 bridgehead atoms. The topological polar surface area (TPSA) is 29.5 Å². The molecule has 112 valence electrons. The number of benzene rings is 1. The molecule has 0 aliphatic heterocycles. The molecular formula is C18H28O2. The van der Waals surface area contributed by atoms with Crippen molar-refractivity contribution in [2.24, 2.45) is 11.3 Å². The molecule has 0 heterocycles. The molecule has 2 nitrogen and oxygen atoms in total. The van der Waals surface area contributed by atoms with Gasteiger partial charge in [0.05, 0.1) is 12.7 Å². The Balaban J connectivity index is 2.21. The fourth-order valence-electron chi connectivity index (χ4n) is 3.39. The Labute approximate surface area is 123 Å². The van der Waals surface area contributed by atoms with E-state index in [2.05, 4.69) is 20.8 Å². The summed E-state index contributed by atoms with van der Waals surface area (Å²) in [4.78, 5) is 0. The van der Waals surface area contributed by atoms with Crippen LogP contribution in [0, 0.1) is 11.3 Å². The molecule has 1 aromatic carbocycles. The van der Waals surface area contributed by atoms with Gasteiger partial charge in [-0.15, -0.1) is 0 Å². The highest BCUT2D eigenvalue weighted by Gasteiger charge is 2.38. The van der Waals surface area contributed by atoms with E-state index in [-0.39, 0.29) is 5.41 Å². The van der Waals surface area contributed by atoms with E-state index in [1.807, 2.05) is 24.3 Å². The third-order valence-electron chi connectivity index (χ3n) is 4.67. The monoisotopic (exact) mass is 276 g/mol. The van der Waals surface area contributed by atoms with Crippen molar-refractivity contribution >= 4 is 0 Å². The second kappa shape index (κ2) is 6.62. The molecule has 20 heavy (non-hydrogen) atoms. The highest BCUT2D eigenvalue weighted by atomic mass is 16.5. The fraction of sp³-hybridized carbons (Fsp3) is 0.667. The number of ether oxygens (including phenoxy) is 1. The summed E-state index contributed by atoms with van der Waals surface area (Å²) in [7, 11) is 0. The average Bonchev–Trinajstić information content (AvgIpc) is 2.44. The zero-order chi connectivity index (χ0) is 14.6. The summed E-state index contributed by atoms with van der Waals surface area (Å²) in [5.41, 5.74) is 1.16. The Hall–Kier alpha value is -1.02. The van der Waals surface area contributed by atoms with Crippen LogP contribution in [0.1, 0.15) is 64.5 Å². The van der Waals surface area contributed by atoms with Crippen LogP contribution >= 0.6 is 0 Å². The Bertz CT molecular complexity index is 425. The Kier molecular flexibility index (Phi) is 5.09. The minimum atomic E-state index is -0.418. The van der Waals surface area contributed by atoms with E-state index in [1.54, 1.807) is 0 Å². The molecule has 0 aromatic heterocycles. The summed E-state index contributed by atoms with van der Waals surface area (Å²) in [6.45, 7) is 7.38. The van der Waals surface area contributed by atoms with Gasteiger partial charge in [0.1, 0.15) is 5.75 Å². The van der Waals surface area contributed by atoms with E-state index < -0.39 is 6.10 Å². The lowest BCUT2D eigenvalue weighted by molar-refractivity contribution is 0.00240. The summed E-state index contributed by atoms with van der Waals surface area (Å²) in [5, 5.41) is 10.9. The van der Waals surface area contributed by atoms with Crippen LogP contribution in [-0.2, 0) is 0 Å². The highest BCUT2D eigenvalue weighted by molar-refractivity contribution is 5.35. The molecule has 0 radical (unpaired) electrons. The van der Waals surface area contributed by atoms with Gasteiger partial charge in [0.2, 0.25) is 0 Å². The van der Waals surface area contributed by atoms with Gasteiger partial charge in [0, 0.05) is 5.56 Å². The number of hydrogen-bond donors (Lipinski definition) is 1. The van der Waals surface area contributed by atoms with Crippen LogP contribution in [0.3, 0.4) is 0 Å². The third kappa shape index (κ3) is 3.35. The number of para-hydroxylation sites is 1. The summed E-state index contributed by atoms with van der Waals surface area (Å²) in [6, 6.07) is 7.96. The molecule has 0 spiro atoms. The summed E-state index contributed by atoms with van der Waals surface area (Å²) in [6.07, 6.45) is 5.38. The minimum absolute atomic E-state index is 0.204. The molecule has 1 aromatic rings. The first kappa shape index (κ1) is 15.4. The van der Waals surface area contributed by atoms with Crippen molar-refractivity contribution in [3.63, 3.8) is 0 Å². The van der Waals surface area contributed by atoms with E-state index in [1.165, 1.54) is 19.3 Å². The van der Waals surface area contributed by atoms with Crippen LogP contribution in [0.2, 0.25) is 0 Å². The first-order chi connectivity index (χ1) is 9.56. The number of aliphatic hydroxyl groups is 1. The van der Waals surface area contributed by atoms with Gasteiger partial charge in [-0.25, -0.2) is 0 Å². The van der Waals surface area contributed by atoms with Crippen molar-refractivity contribution in [2.45, 2.75) is 59.0 Å². The van der Waals surface area contributed by atoms with Gasteiger partial charge in [0.15, 0.2) is 0 Å². The van der Waals surface area contributed by atoms with Crippen molar-refractivity contribution in [3.8, 4) is 5.75 Å². The van der Waals surface area contributed by atoms with Crippen molar-refractivity contribution in [1.82, 2.24) is 0 Å². The Morgan fingerprint density at radius 3 is 2.75 bits per heavy atom. The molecule has 0 saturated heterocycles. The molecule has 2 rings (SSSR count). The molecule has 2 atom stereocenters. The molecule has 0 amide bonds. The normalized spacial score (nSPS) is 23.3. The van der Waals surface area contributed by atoms with Gasteiger partial charge in [-0.2, -0.15) is 0 Å². The van der Waals surface area contributed by atoms with Gasteiger partial charge in [0.25, 0.3) is 0 Å².